The van der Waals surface area contributed by atoms with Crippen LogP contribution in [0.5, 0.6) is 0 Å². The van der Waals surface area contributed by atoms with Gasteiger partial charge in [0, 0.05) is 35.1 Å². The summed E-state index contributed by atoms with van der Waals surface area (Å²) in [4.78, 5) is 32.2. The number of carbonyl (C=O) groups excluding carboxylic acids is 2. The number of nitrogens with one attached hydrogen (secondary N) is 1. The van der Waals surface area contributed by atoms with Crippen LogP contribution in [0.4, 0.5) is 0 Å². The molecule has 1 aromatic carbocycles. The van der Waals surface area contributed by atoms with Crippen LogP contribution in [0.2, 0.25) is 5.02 Å². The fourth-order valence-electron chi connectivity index (χ4n) is 3.28. The summed E-state index contributed by atoms with van der Waals surface area (Å²) in [6.45, 7) is 9.03. The van der Waals surface area contributed by atoms with E-state index in [1.807, 2.05) is 56.9 Å². The van der Waals surface area contributed by atoms with Crippen molar-refractivity contribution >= 4 is 34.8 Å². The summed E-state index contributed by atoms with van der Waals surface area (Å²) in [6.07, 6.45) is 1.55. The number of piperidine rings is 1. The second-order valence-electron chi connectivity index (χ2n) is 8.23. The number of rotatable bonds is 3. The van der Waals surface area contributed by atoms with Gasteiger partial charge in [0.05, 0.1) is 5.69 Å². The van der Waals surface area contributed by atoms with Gasteiger partial charge in [-0.25, -0.2) is 4.98 Å². The molecule has 0 spiro atoms. The van der Waals surface area contributed by atoms with Crippen LogP contribution in [-0.2, 0) is 4.79 Å². The minimum atomic E-state index is -0.367. The monoisotopic (exact) mass is 419 g/mol. The molecular formula is C21H26ClN3O2S. The van der Waals surface area contributed by atoms with Gasteiger partial charge in [-0.1, -0.05) is 44.5 Å². The minimum Gasteiger partial charge on any atom is -0.348 e. The van der Waals surface area contributed by atoms with Crippen molar-refractivity contribution in [3.05, 3.63) is 39.9 Å². The molecule has 0 radical (unpaired) electrons. The Labute approximate surface area is 175 Å². The molecular weight excluding hydrogens is 394 g/mol. The van der Waals surface area contributed by atoms with Crippen LogP contribution in [0.15, 0.2) is 24.3 Å². The van der Waals surface area contributed by atoms with E-state index < -0.39 is 0 Å². The van der Waals surface area contributed by atoms with Gasteiger partial charge in [-0.3, -0.25) is 9.59 Å². The molecule has 1 aromatic heterocycles. The zero-order valence-electron chi connectivity index (χ0n) is 16.7. The second-order valence-corrected chi connectivity index (χ2v) is 9.67. The number of nitrogens with zero attached hydrogens (tertiary/aromatic N) is 2. The van der Waals surface area contributed by atoms with Crippen LogP contribution >= 0.6 is 22.9 Å². The Hall–Kier alpha value is -1.92. The number of halogens is 1. The summed E-state index contributed by atoms with van der Waals surface area (Å²) < 4.78 is 0. The molecule has 0 bridgehead atoms. The maximum absolute atomic E-state index is 12.8. The lowest BCUT2D eigenvalue weighted by Crippen LogP contribution is -2.49. The molecule has 1 aliphatic heterocycles. The first kappa shape index (κ1) is 20.8. The Morgan fingerprint density at radius 1 is 1.18 bits per heavy atom. The molecule has 28 heavy (non-hydrogen) atoms. The molecule has 1 fully saturated rings. The molecule has 5 nitrogen and oxygen atoms in total. The summed E-state index contributed by atoms with van der Waals surface area (Å²) in [5.74, 6) is 0.0824. The Bertz CT molecular complexity index is 863. The number of thiazole rings is 1. The molecule has 1 aliphatic rings. The largest absolute Gasteiger partial charge is 0.348 e. The van der Waals surface area contributed by atoms with E-state index in [0.29, 0.717) is 23.0 Å². The Balaban J connectivity index is 1.62. The molecule has 150 valence electrons. The number of likely N-dealkylation sites (tertiary alicyclic amines) is 1. The standard InChI is InChI=1S/C21H26ClN3O2S/c1-13-17(28-19(23-13)14-5-7-15(22)8-6-14)18(26)24-16-9-11-25(12-10-16)20(27)21(2,3)4/h5-8,16H,9-12H2,1-4H3,(H,24,26). The highest BCUT2D eigenvalue weighted by Crippen LogP contribution is 2.29. The van der Waals surface area contributed by atoms with Gasteiger partial charge in [0.1, 0.15) is 9.88 Å². The van der Waals surface area contributed by atoms with Gasteiger partial charge in [0.15, 0.2) is 0 Å². The van der Waals surface area contributed by atoms with E-state index in [2.05, 4.69) is 10.3 Å². The summed E-state index contributed by atoms with van der Waals surface area (Å²) in [5.41, 5.74) is 1.31. The lowest BCUT2D eigenvalue weighted by atomic mass is 9.93. The van der Waals surface area contributed by atoms with Gasteiger partial charge in [0.25, 0.3) is 5.91 Å². The highest BCUT2D eigenvalue weighted by Gasteiger charge is 2.31. The third-order valence-electron chi connectivity index (χ3n) is 4.85. The molecule has 1 saturated heterocycles. The van der Waals surface area contributed by atoms with E-state index in [9.17, 15) is 9.59 Å². The third kappa shape index (κ3) is 4.73. The number of hydrogen-bond donors (Lipinski definition) is 1. The highest BCUT2D eigenvalue weighted by molar-refractivity contribution is 7.17. The third-order valence-corrected chi connectivity index (χ3v) is 6.31. The van der Waals surface area contributed by atoms with E-state index in [1.165, 1.54) is 11.3 Å². The van der Waals surface area contributed by atoms with E-state index in [1.54, 1.807) is 0 Å². The van der Waals surface area contributed by atoms with Crippen LogP contribution in [0.1, 0.15) is 49.0 Å². The van der Waals surface area contributed by atoms with Crippen LogP contribution in [0, 0.1) is 12.3 Å². The Kier molecular flexibility index (Phi) is 6.10. The van der Waals surface area contributed by atoms with Crippen molar-refractivity contribution in [1.82, 2.24) is 15.2 Å². The molecule has 0 unspecified atom stereocenters. The van der Waals surface area contributed by atoms with Crippen molar-refractivity contribution in [2.75, 3.05) is 13.1 Å². The predicted octanol–water partition coefficient (Wildman–Crippen LogP) is 4.54. The first-order valence-electron chi connectivity index (χ1n) is 9.49. The molecule has 2 amide bonds. The molecule has 7 heteroatoms. The topological polar surface area (TPSA) is 62.3 Å². The van der Waals surface area contributed by atoms with Crippen molar-refractivity contribution in [3.63, 3.8) is 0 Å². The lowest BCUT2D eigenvalue weighted by Gasteiger charge is -2.35. The molecule has 3 rings (SSSR count). The average molecular weight is 420 g/mol. The SMILES string of the molecule is Cc1nc(-c2ccc(Cl)cc2)sc1C(=O)NC1CCN(C(=O)C(C)(C)C)CC1. The molecule has 1 N–H and O–H groups in total. The maximum atomic E-state index is 12.8. The van der Waals surface area contributed by atoms with Gasteiger partial charge in [-0.2, -0.15) is 0 Å². The fourth-order valence-corrected chi connectivity index (χ4v) is 4.38. The van der Waals surface area contributed by atoms with Gasteiger partial charge in [-0.05, 0) is 31.9 Å². The van der Waals surface area contributed by atoms with Crippen LogP contribution < -0.4 is 5.32 Å². The number of hydrogen-bond acceptors (Lipinski definition) is 4. The molecule has 0 saturated carbocycles. The van der Waals surface area contributed by atoms with Crippen LogP contribution in [-0.4, -0.2) is 40.8 Å². The van der Waals surface area contributed by atoms with Gasteiger partial charge in [-0.15, -0.1) is 11.3 Å². The summed E-state index contributed by atoms with van der Waals surface area (Å²) in [5, 5.41) is 4.60. The van der Waals surface area contributed by atoms with Crippen molar-refractivity contribution in [3.8, 4) is 10.6 Å². The average Bonchev–Trinajstić information content (AvgIpc) is 3.03. The highest BCUT2D eigenvalue weighted by atomic mass is 35.5. The van der Waals surface area contributed by atoms with Crippen molar-refractivity contribution in [2.45, 2.75) is 46.6 Å². The fraction of sp³-hybridized carbons (Fsp3) is 0.476. The molecule has 0 atom stereocenters. The smallest absolute Gasteiger partial charge is 0.263 e. The summed E-state index contributed by atoms with van der Waals surface area (Å²) in [6, 6.07) is 7.53. The van der Waals surface area contributed by atoms with E-state index in [4.69, 9.17) is 11.6 Å². The van der Waals surface area contributed by atoms with Crippen molar-refractivity contribution < 1.29 is 9.59 Å². The Morgan fingerprint density at radius 2 is 1.79 bits per heavy atom. The zero-order chi connectivity index (χ0) is 20.5. The first-order chi connectivity index (χ1) is 13.1. The van der Waals surface area contributed by atoms with E-state index >= 15 is 0 Å². The Morgan fingerprint density at radius 3 is 2.36 bits per heavy atom. The summed E-state index contributed by atoms with van der Waals surface area (Å²) in [7, 11) is 0. The van der Waals surface area contributed by atoms with Gasteiger partial charge in [0.2, 0.25) is 5.91 Å². The predicted molar refractivity (Wildman–Crippen MR) is 114 cm³/mol. The second kappa shape index (κ2) is 8.21. The van der Waals surface area contributed by atoms with Gasteiger partial charge >= 0.3 is 0 Å². The normalized spacial score (nSPS) is 15.5. The maximum Gasteiger partial charge on any atom is 0.263 e. The van der Waals surface area contributed by atoms with Crippen LogP contribution in [0.25, 0.3) is 10.6 Å². The van der Waals surface area contributed by atoms with Crippen molar-refractivity contribution in [2.24, 2.45) is 5.41 Å². The number of amides is 2. The lowest BCUT2D eigenvalue weighted by molar-refractivity contribution is -0.140. The number of benzene rings is 1. The quantitative estimate of drug-likeness (QED) is 0.794. The minimum absolute atomic E-state index is 0.0806. The van der Waals surface area contributed by atoms with Crippen molar-refractivity contribution in [1.29, 1.82) is 0 Å². The molecule has 2 heterocycles. The first-order valence-corrected chi connectivity index (χ1v) is 10.7. The number of aromatic nitrogens is 1. The van der Waals surface area contributed by atoms with Crippen LogP contribution in [0.3, 0.4) is 0 Å². The number of carbonyl (C=O) groups is 2. The van der Waals surface area contributed by atoms with E-state index in [-0.39, 0.29) is 23.3 Å². The zero-order valence-corrected chi connectivity index (χ0v) is 18.3. The van der Waals surface area contributed by atoms with E-state index in [0.717, 1.165) is 29.1 Å². The number of aryl methyl sites for hydroxylation is 1. The summed E-state index contributed by atoms with van der Waals surface area (Å²) >= 11 is 7.34. The van der Waals surface area contributed by atoms with Gasteiger partial charge < -0.3 is 10.2 Å². The molecule has 0 aliphatic carbocycles. The molecule has 2 aromatic rings.